The molecule has 4 nitrogen and oxygen atoms in total. The number of rotatable bonds is 4. The van der Waals surface area contributed by atoms with Crippen molar-refractivity contribution in [3.8, 4) is 0 Å². The van der Waals surface area contributed by atoms with Crippen LogP contribution in [0.1, 0.15) is 44.5 Å². The Balaban J connectivity index is 2.03. The summed E-state index contributed by atoms with van der Waals surface area (Å²) in [6.07, 6.45) is 6.70. The Morgan fingerprint density at radius 2 is 2.16 bits per heavy atom. The Kier molecular flexibility index (Phi) is 4.32. The van der Waals surface area contributed by atoms with Crippen LogP contribution in [0.3, 0.4) is 0 Å². The first-order valence-electron chi connectivity index (χ1n) is 6.65. The topological polar surface area (TPSA) is 59.1 Å². The van der Waals surface area contributed by atoms with Crippen molar-refractivity contribution < 1.29 is 8.42 Å². The fourth-order valence-corrected chi connectivity index (χ4v) is 4.67. The molecular weight excluding hydrogens is 280 g/mol. The third-order valence-corrected chi connectivity index (χ3v) is 6.50. The van der Waals surface area contributed by atoms with E-state index < -0.39 is 9.84 Å². The molecule has 0 amide bonds. The lowest BCUT2D eigenvalue weighted by Crippen LogP contribution is -2.47. The van der Waals surface area contributed by atoms with E-state index >= 15 is 0 Å². The second kappa shape index (κ2) is 5.50. The van der Waals surface area contributed by atoms with Crippen LogP contribution in [0.15, 0.2) is 11.6 Å². The van der Waals surface area contributed by atoms with Gasteiger partial charge in [0, 0.05) is 23.9 Å². The van der Waals surface area contributed by atoms with Gasteiger partial charge in [0.1, 0.15) is 14.8 Å². The van der Waals surface area contributed by atoms with Crippen molar-refractivity contribution in [3.05, 3.63) is 16.6 Å². The highest BCUT2D eigenvalue weighted by Crippen LogP contribution is 2.29. The van der Waals surface area contributed by atoms with Gasteiger partial charge in [0.05, 0.1) is 10.8 Å². The summed E-state index contributed by atoms with van der Waals surface area (Å²) in [5.41, 5.74) is -0.196. The van der Waals surface area contributed by atoms with Gasteiger partial charge in [-0.05, 0) is 33.1 Å². The van der Waals surface area contributed by atoms with Crippen LogP contribution in [0.25, 0.3) is 0 Å². The molecule has 1 N–H and O–H groups in total. The summed E-state index contributed by atoms with van der Waals surface area (Å²) in [6, 6.07) is 0.257. The quantitative estimate of drug-likeness (QED) is 0.927. The summed E-state index contributed by atoms with van der Waals surface area (Å²) in [5, 5.41) is 6.42. The van der Waals surface area contributed by atoms with Crippen molar-refractivity contribution in [2.45, 2.75) is 56.4 Å². The van der Waals surface area contributed by atoms with E-state index in [9.17, 15) is 8.42 Å². The maximum Gasteiger partial charge on any atom is 0.150 e. The Morgan fingerprint density at radius 3 is 2.74 bits per heavy atom. The fraction of sp³-hybridized carbons (Fsp3) is 0.769. The molecule has 2 unspecified atom stereocenters. The highest BCUT2D eigenvalue weighted by atomic mass is 32.2. The van der Waals surface area contributed by atoms with Gasteiger partial charge in [0.15, 0.2) is 0 Å². The van der Waals surface area contributed by atoms with Crippen LogP contribution in [-0.2, 0) is 15.4 Å². The van der Waals surface area contributed by atoms with E-state index in [4.69, 9.17) is 0 Å². The highest BCUT2D eigenvalue weighted by molar-refractivity contribution is 7.91. The molecule has 0 spiro atoms. The molecule has 1 aromatic heterocycles. The van der Waals surface area contributed by atoms with Gasteiger partial charge in [-0.3, -0.25) is 0 Å². The molecule has 1 aliphatic carbocycles. The lowest BCUT2D eigenvalue weighted by molar-refractivity contribution is 0.283. The summed E-state index contributed by atoms with van der Waals surface area (Å²) in [6.45, 7) is 4.21. The fourth-order valence-electron chi connectivity index (χ4n) is 2.77. The van der Waals surface area contributed by atoms with Gasteiger partial charge in [0.2, 0.25) is 0 Å². The summed E-state index contributed by atoms with van der Waals surface area (Å²) in [4.78, 5) is 4.36. The molecule has 108 valence electrons. The Labute approximate surface area is 119 Å². The van der Waals surface area contributed by atoms with Crippen LogP contribution >= 0.6 is 11.3 Å². The van der Waals surface area contributed by atoms with Gasteiger partial charge < -0.3 is 5.32 Å². The lowest BCUT2D eigenvalue weighted by atomic mass is 9.92. The number of thiazole rings is 1. The van der Waals surface area contributed by atoms with E-state index in [2.05, 4.69) is 24.1 Å². The standard InChI is InChI=1S/C13H22N2O2S2/c1-13(2,12-14-7-8-18-12)15-10-5-4-6-11(9-10)19(3,16)17/h7-8,10-11,15H,4-6,9H2,1-3H3. The lowest BCUT2D eigenvalue weighted by Gasteiger charge is -2.35. The molecule has 1 saturated carbocycles. The van der Waals surface area contributed by atoms with Crippen LogP contribution in [0.5, 0.6) is 0 Å². The monoisotopic (exact) mass is 302 g/mol. The first-order valence-corrected chi connectivity index (χ1v) is 9.49. The normalized spacial score (nSPS) is 25.4. The molecule has 1 aliphatic rings. The van der Waals surface area contributed by atoms with Crippen molar-refractivity contribution >= 4 is 21.2 Å². The van der Waals surface area contributed by atoms with E-state index in [0.29, 0.717) is 6.42 Å². The van der Waals surface area contributed by atoms with E-state index in [1.165, 1.54) is 6.26 Å². The first kappa shape index (κ1) is 14.9. The molecule has 0 aliphatic heterocycles. The molecule has 1 aromatic rings. The zero-order valence-corrected chi connectivity index (χ0v) is 13.4. The number of hydrogen-bond donors (Lipinski definition) is 1. The predicted molar refractivity (Wildman–Crippen MR) is 79.2 cm³/mol. The van der Waals surface area contributed by atoms with E-state index in [0.717, 1.165) is 24.3 Å². The average molecular weight is 302 g/mol. The van der Waals surface area contributed by atoms with Gasteiger partial charge in [-0.15, -0.1) is 11.3 Å². The number of aromatic nitrogens is 1. The third kappa shape index (κ3) is 3.77. The number of nitrogens with zero attached hydrogens (tertiary/aromatic N) is 1. The summed E-state index contributed by atoms with van der Waals surface area (Å²) < 4.78 is 23.4. The molecule has 0 aromatic carbocycles. The number of nitrogens with one attached hydrogen (secondary N) is 1. The Morgan fingerprint density at radius 1 is 1.42 bits per heavy atom. The molecule has 2 rings (SSSR count). The Hall–Kier alpha value is -0.460. The molecule has 6 heteroatoms. The van der Waals surface area contributed by atoms with E-state index in [1.54, 1.807) is 11.3 Å². The van der Waals surface area contributed by atoms with Crippen LogP contribution in [0, 0.1) is 0 Å². The maximum atomic E-state index is 11.7. The SMILES string of the molecule is CC(C)(NC1CCCC(S(C)(=O)=O)C1)c1nccs1. The third-order valence-electron chi connectivity index (χ3n) is 3.76. The predicted octanol–water partition coefficient (Wildman–Crippen LogP) is 2.32. The maximum absolute atomic E-state index is 11.7. The van der Waals surface area contributed by atoms with Crippen LogP contribution in [0.4, 0.5) is 0 Å². The minimum atomic E-state index is -2.92. The van der Waals surface area contributed by atoms with Gasteiger partial charge in [0.25, 0.3) is 0 Å². The van der Waals surface area contributed by atoms with Gasteiger partial charge >= 0.3 is 0 Å². The van der Waals surface area contributed by atoms with Gasteiger partial charge in [-0.25, -0.2) is 13.4 Å². The van der Waals surface area contributed by atoms with Crippen LogP contribution < -0.4 is 5.32 Å². The zero-order chi connectivity index (χ0) is 14.1. The molecular formula is C13H22N2O2S2. The molecule has 1 fully saturated rings. The van der Waals surface area contributed by atoms with Crippen LogP contribution in [0.2, 0.25) is 0 Å². The molecule has 2 atom stereocenters. The average Bonchev–Trinajstić information content (AvgIpc) is 2.81. The van der Waals surface area contributed by atoms with Gasteiger partial charge in [-0.2, -0.15) is 0 Å². The zero-order valence-electron chi connectivity index (χ0n) is 11.7. The first-order chi connectivity index (χ1) is 8.79. The highest BCUT2D eigenvalue weighted by Gasteiger charge is 2.33. The summed E-state index contributed by atoms with van der Waals surface area (Å²) in [7, 11) is -2.92. The molecule has 0 radical (unpaired) electrons. The van der Waals surface area contributed by atoms with E-state index in [-0.39, 0.29) is 16.8 Å². The van der Waals surface area contributed by atoms with E-state index in [1.807, 2.05) is 11.6 Å². The second-order valence-corrected chi connectivity index (χ2v) is 9.14. The minimum Gasteiger partial charge on any atom is -0.303 e. The number of sulfone groups is 1. The minimum absolute atomic E-state index is 0.189. The Bertz CT molecular complexity index is 509. The number of hydrogen-bond acceptors (Lipinski definition) is 5. The molecule has 0 saturated heterocycles. The van der Waals surface area contributed by atoms with Crippen molar-refractivity contribution in [1.29, 1.82) is 0 Å². The summed E-state index contributed by atoms with van der Waals surface area (Å²) >= 11 is 1.63. The van der Waals surface area contributed by atoms with Crippen molar-refractivity contribution in [2.75, 3.05) is 6.26 Å². The summed E-state index contributed by atoms with van der Waals surface area (Å²) in [5.74, 6) is 0. The molecule has 1 heterocycles. The van der Waals surface area contributed by atoms with Crippen molar-refractivity contribution in [1.82, 2.24) is 10.3 Å². The van der Waals surface area contributed by atoms with Gasteiger partial charge in [-0.1, -0.05) is 6.42 Å². The van der Waals surface area contributed by atoms with Crippen LogP contribution in [-0.4, -0.2) is 30.9 Å². The molecule has 19 heavy (non-hydrogen) atoms. The van der Waals surface area contributed by atoms with Crippen molar-refractivity contribution in [3.63, 3.8) is 0 Å². The molecule has 0 bridgehead atoms. The second-order valence-electron chi connectivity index (χ2n) is 5.92. The smallest absolute Gasteiger partial charge is 0.150 e. The largest absolute Gasteiger partial charge is 0.303 e. The van der Waals surface area contributed by atoms with Crippen molar-refractivity contribution in [2.24, 2.45) is 0 Å².